The van der Waals surface area contributed by atoms with Crippen molar-refractivity contribution in [3.63, 3.8) is 0 Å². The first-order chi connectivity index (χ1) is 9.65. The van der Waals surface area contributed by atoms with Crippen LogP contribution in [0.15, 0.2) is 23.1 Å². The molecule has 0 spiro atoms. The Labute approximate surface area is 131 Å². The van der Waals surface area contributed by atoms with Gasteiger partial charge in [-0.2, -0.15) is 0 Å². The molecule has 120 valence electrons. The van der Waals surface area contributed by atoms with E-state index in [0.29, 0.717) is 37.8 Å². The van der Waals surface area contributed by atoms with Gasteiger partial charge in [0, 0.05) is 13.1 Å². The molecule has 0 fully saturated rings. The second kappa shape index (κ2) is 8.43. The first kappa shape index (κ1) is 18.0. The number of rotatable bonds is 7. The molecule has 0 atom stereocenters. The van der Waals surface area contributed by atoms with Crippen LogP contribution in [0.2, 0.25) is 0 Å². The average Bonchev–Trinajstić information content (AvgIpc) is 2.46. The van der Waals surface area contributed by atoms with Crippen molar-refractivity contribution in [1.82, 2.24) is 10.0 Å². The summed E-state index contributed by atoms with van der Waals surface area (Å²) in [5, 5.41) is 3.14. The molecule has 0 bridgehead atoms. The highest BCUT2D eigenvalue weighted by Gasteiger charge is 2.24. The summed E-state index contributed by atoms with van der Waals surface area (Å²) in [4.78, 5) is 0.130. The van der Waals surface area contributed by atoms with E-state index in [4.69, 9.17) is 9.47 Å². The minimum atomic E-state index is -3.58. The second-order valence-electron chi connectivity index (χ2n) is 4.43. The molecule has 1 aliphatic heterocycles. The summed E-state index contributed by atoms with van der Waals surface area (Å²) in [6.07, 6.45) is 1.02. The normalized spacial score (nSPS) is 13.6. The SMILES string of the molecule is CCCNCCNS(=O)(=O)c1cccc2c1OCCO2.Cl. The molecular formula is C13H21ClN2O4S. The van der Waals surface area contributed by atoms with Gasteiger partial charge >= 0.3 is 0 Å². The Balaban J connectivity index is 0.00000220. The number of hydrogen-bond donors (Lipinski definition) is 2. The summed E-state index contributed by atoms with van der Waals surface area (Å²) < 4.78 is 37.9. The summed E-state index contributed by atoms with van der Waals surface area (Å²) in [7, 11) is -3.58. The van der Waals surface area contributed by atoms with Crippen LogP contribution in [0.4, 0.5) is 0 Å². The van der Waals surface area contributed by atoms with Gasteiger partial charge in [-0.3, -0.25) is 0 Å². The maximum atomic E-state index is 12.3. The lowest BCUT2D eigenvalue weighted by Crippen LogP contribution is -2.32. The highest BCUT2D eigenvalue weighted by molar-refractivity contribution is 7.89. The Kier molecular flexibility index (Phi) is 7.24. The van der Waals surface area contributed by atoms with Gasteiger partial charge in [-0.1, -0.05) is 13.0 Å². The van der Waals surface area contributed by atoms with E-state index < -0.39 is 10.0 Å². The van der Waals surface area contributed by atoms with Gasteiger partial charge in [0.2, 0.25) is 10.0 Å². The fourth-order valence-corrected chi connectivity index (χ4v) is 3.10. The second-order valence-corrected chi connectivity index (χ2v) is 6.16. The van der Waals surface area contributed by atoms with Gasteiger partial charge in [-0.05, 0) is 25.1 Å². The van der Waals surface area contributed by atoms with Crippen molar-refractivity contribution in [3.05, 3.63) is 18.2 Å². The molecule has 1 aromatic carbocycles. The molecule has 1 aromatic rings. The van der Waals surface area contributed by atoms with Crippen molar-refractivity contribution in [2.75, 3.05) is 32.8 Å². The van der Waals surface area contributed by atoms with Crippen molar-refractivity contribution in [2.45, 2.75) is 18.2 Å². The van der Waals surface area contributed by atoms with Gasteiger partial charge in [-0.15, -0.1) is 12.4 Å². The van der Waals surface area contributed by atoms with E-state index in [-0.39, 0.29) is 17.3 Å². The van der Waals surface area contributed by atoms with Gasteiger partial charge in [0.15, 0.2) is 11.5 Å². The van der Waals surface area contributed by atoms with E-state index in [1.165, 1.54) is 6.07 Å². The fraction of sp³-hybridized carbons (Fsp3) is 0.538. The predicted molar refractivity (Wildman–Crippen MR) is 83.0 cm³/mol. The summed E-state index contributed by atoms with van der Waals surface area (Å²) in [5.74, 6) is 0.774. The fourth-order valence-electron chi connectivity index (χ4n) is 1.91. The molecule has 0 unspecified atom stereocenters. The van der Waals surface area contributed by atoms with Gasteiger partial charge in [0.05, 0.1) is 0 Å². The van der Waals surface area contributed by atoms with Crippen LogP contribution >= 0.6 is 12.4 Å². The van der Waals surface area contributed by atoms with Crippen LogP contribution in [0.25, 0.3) is 0 Å². The largest absolute Gasteiger partial charge is 0.486 e. The smallest absolute Gasteiger partial charge is 0.244 e. The Morgan fingerprint density at radius 3 is 2.67 bits per heavy atom. The number of hydrogen-bond acceptors (Lipinski definition) is 5. The predicted octanol–water partition coefficient (Wildman–Crippen LogP) is 1.16. The number of fused-ring (bicyclic) bond motifs is 1. The number of ether oxygens (including phenoxy) is 2. The molecule has 1 heterocycles. The van der Waals surface area contributed by atoms with Crippen LogP contribution in [0.1, 0.15) is 13.3 Å². The number of para-hydroxylation sites is 1. The summed E-state index contributed by atoms with van der Waals surface area (Å²) in [5.41, 5.74) is 0. The maximum Gasteiger partial charge on any atom is 0.244 e. The molecule has 1 aliphatic rings. The van der Waals surface area contributed by atoms with Crippen LogP contribution in [-0.4, -0.2) is 41.3 Å². The van der Waals surface area contributed by atoms with Crippen LogP contribution < -0.4 is 19.5 Å². The molecule has 0 saturated heterocycles. The molecule has 0 radical (unpaired) electrons. The van der Waals surface area contributed by atoms with Crippen molar-refractivity contribution >= 4 is 22.4 Å². The lowest BCUT2D eigenvalue weighted by Gasteiger charge is -2.20. The van der Waals surface area contributed by atoms with E-state index in [1.54, 1.807) is 12.1 Å². The number of nitrogens with one attached hydrogen (secondary N) is 2. The Morgan fingerprint density at radius 1 is 1.14 bits per heavy atom. The van der Waals surface area contributed by atoms with E-state index in [9.17, 15) is 8.42 Å². The summed E-state index contributed by atoms with van der Waals surface area (Å²) in [6, 6.07) is 4.88. The Bertz CT molecular complexity index is 551. The van der Waals surface area contributed by atoms with Crippen molar-refractivity contribution < 1.29 is 17.9 Å². The summed E-state index contributed by atoms with van der Waals surface area (Å²) in [6.45, 7) is 4.67. The molecule has 6 nitrogen and oxygen atoms in total. The van der Waals surface area contributed by atoms with E-state index >= 15 is 0 Å². The van der Waals surface area contributed by atoms with Crippen molar-refractivity contribution in [3.8, 4) is 11.5 Å². The quantitative estimate of drug-likeness (QED) is 0.731. The van der Waals surface area contributed by atoms with Crippen LogP contribution in [0.5, 0.6) is 11.5 Å². The van der Waals surface area contributed by atoms with Crippen molar-refractivity contribution in [2.24, 2.45) is 0 Å². The highest BCUT2D eigenvalue weighted by atomic mass is 35.5. The zero-order valence-electron chi connectivity index (χ0n) is 11.9. The lowest BCUT2D eigenvalue weighted by molar-refractivity contribution is 0.167. The molecular weight excluding hydrogens is 316 g/mol. The Morgan fingerprint density at radius 2 is 1.90 bits per heavy atom. The van der Waals surface area contributed by atoms with Gasteiger partial charge in [-0.25, -0.2) is 13.1 Å². The highest BCUT2D eigenvalue weighted by Crippen LogP contribution is 2.36. The van der Waals surface area contributed by atoms with Crippen molar-refractivity contribution in [1.29, 1.82) is 0 Å². The van der Waals surface area contributed by atoms with E-state index in [2.05, 4.69) is 17.0 Å². The molecule has 2 N–H and O–H groups in total. The molecule has 0 aliphatic carbocycles. The zero-order valence-corrected chi connectivity index (χ0v) is 13.6. The standard InChI is InChI=1S/C13H20N2O4S.ClH/c1-2-6-14-7-8-15-20(16,17)12-5-3-4-11-13(12)19-10-9-18-11;/h3-5,14-15H,2,6-10H2,1H3;1H. The average molecular weight is 337 g/mol. The molecule has 0 aromatic heterocycles. The van der Waals surface area contributed by atoms with Gasteiger partial charge in [0.1, 0.15) is 18.1 Å². The van der Waals surface area contributed by atoms with Gasteiger partial charge < -0.3 is 14.8 Å². The summed E-state index contributed by atoms with van der Waals surface area (Å²) >= 11 is 0. The topological polar surface area (TPSA) is 76.7 Å². The molecule has 2 rings (SSSR count). The molecule has 0 saturated carbocycles. The van der Waals surface area contributed by atoms with Crippen LogP contribution in [0.3, 0.4) is 0 Å². The number of halogens is 1. The molecule has 0 amide bonds. The maximum absolute atomic E-state index is 12.3. The van der Waals surface area contributed by atoms with Gasteiger partial charge in [0.25, 0.3) is 0 Å². The number of benzene rings is 1. The minimum absolute atomic E-state index is 0. The lowest BCUT2D eigenvalue weighted by atomic mass is 10.3. The third kappa shape index (κ3) is 4.74. The first-order valence-corrected chi connectivity index (χ1v) is 8.22. The first-order valence-electron chi connectivity index (χ1n) is 6.74. The third-order valence-electron chi connectivity index (χ3n) is 2.84. The Hall–Kier alpha value is -1.02. The zero-order chi connectivity index (χ0) is 14.4. The van der Waals surface area contributed by atoms with Crippen LogP contribution in [-0.2, 0) is 10.0 Å². The van der Waals surface area contributed by atoms with E-state index in [0.717, 1.165) is 13.0 Å². The minimum Gasteiger partial charge on any atom is -0.486 e. The van der Waals surface area contributed by atoms with E-state index in [1.807, 2.05) is 0 Å². The van der Waals surface area contributed by atoms with Crippen LogP contribution in [0, 0.1) is 0 Å². The molecule has 21 heavy (non-hydrogen) atoms. The number of sulfonamides is 1. The third-order valence-corrected chi connectivity index (χ3v) is 4.32. The monoisotopic (exact) mass is 336 g/mol. The molecule has 8 heteroatoms.